The van der Waals surface area contributed by atoms with Gasteiger partial charge < -0.3 is 9.52 Å². The quantitative estimate of drug-likeness (QED) is 0.757. The van der Waals surface area contributed by atoms with Gasteiger partial charge in [-0.2, -0.15) is 0 Å². The first-order valence-corrected chi connectivity index (χ1v) is 4.46. The van der Waals surface area contributed by atoms with Gasteiger partial charge in [0.2, 0.25) is 0 Å². The summed E-state index contributed by atoms with van der Waals surface area (Å²) in [4.78, 5) is 0. The number of aliphatic hydroxyl groups is 1. The lowest BCUT2D eigenvalue weighted by molar-refractivity contribution is 0.172. The van der Waals surface area contributed by atoms with E-state index in [1.807, 2.05) is 0 Å². The van der Waals surface area contributed by atoms with Gasteiger partial charge in [0.1, 0.15) is 11.9 Å². The lowest BCUT2D eigenvalue weighted by atomic mass is 10.1. The van der Waals surface area contributed by atoms with Crippen molar-refractivity contribution < 1.29 is 13.9 Å². The molecule has 0 aliphatic carbocycles. The molecule has 0 amide bonds. The van der Waals surface area contributed by atoms with Crippen molar-refractivity contribution in [3.05, 3.63) is 35.3 Å². The molecule has 0 saturated heterocycles. The van der Waals surface area contributed by atoms with E-state index in [4.69, 9.17) is 4.42 Å². The van der Waals surface area contributed by atoms with Crippen LogP contribution in [0.5, 0.6) is 0 Å². The highest BCUT2D eigenvalue weighted by molar-refractivity contribution is 5.79. The zero-order chi connectivity index (χ0) is 10.3. The third-order valence-corrected chi connectivity index (χ3v) is 2.25. The van der Waals surface area contributed by atoms with Crippen LogP contribution in [-0.4, -0.2) is 5.11 Å². The number of aliphatic hydroxyl groups excluding tert-OH is 1. The molecule has 0 aliphatic heterocycles. The van der Waals surface area contributed by atoms with Crippen molar-refractivity contribution >= 4 is 11.0 Å². The molecule has 0 bridgehead atoms. The maximum atomic E-state index is 13.5. The molecule has 2 nitrogen and oxygen atoms in total. The lowest BCUT2D eigenvalue weighted by Gasteiger charge is -1.97. The zero-order valence-corrected chi connectivity index (χ0v) is 8.04. The predicted molar refractivity (Wildman–Crippen MR) is 51.5 cm³/mol. The summed E-state index contributed by atoms with van der Waals surface area (Å²) in [6.45, 7) is 3.27. The average Bonchev–Trinajstić information content (AvgIpc) is 2.56. The van der Waals surface area contributed by atoms with Crippen LogP contribution in [0.1, 0.15) is 24.4 Å². The highest BCUT2D eigenvalue weighted by atomic mass is 19.1. The summed E-state index contributed by atoms with van der Waals surface area (Å²) in [7, 11) is 0. The Balaban J connectivity index is 2.71. The average molecular weight is 194 g/mol. The molecule has 1 aromatic carbocycles. The minimum Gasteiger partial charge on any atom is -0.455 e. The number of furan rings is 1. The van der Waals surface area contributed by atoms with Crippen LogP contribution in [0.25, 0.3) is 11.0 Å². The summed E-state index contributed by atoms with van der Waals surface area (Å²) in [5.74, 6) is 0.0406. The van der Waals surface area contributed by atoms with E-state index < -0.39 is 6.10 Å². The van der Waals surface area contributed by atoms with E-state index in [0.29, 0.717) is 16.7 Å². The Morgan fingerprint density at radius 2 is 2.14 bits per heavy atom. The van der Waals surface area contributed by atoms with Gasteiger partial charge in [-0.1, -0.05) is 12.1 Å². The summed E-state index contributed by atoms with van der Waals surface area (Å²) in [6.07, 6.45) is -0.706. The molecule has 1 N–H and O–H groups in total. The van der Waals surface area contributed by atoms with E-state index in [0.717, 1.165) is 0 Å². The highest BCUT2D eigenvalue weighted by Gasteiger charge is 2.12. The first kappa shape index (κ1) is 9.21. The van der Waals surface area contributed by atoms with Gasteiger partial charge in [-0.05, 0) is 25.5 Å². The van der Waals surface area contributed by atoms with E-state index in [1.165, 1.54) is 0 Å². The first-order valence-electron chi connectivity index (χ1n) is 4.46. The molecular formula is C11H11FO2. The molecule has 1 heterocycles. The van der Waals surface area contributed by atoms with Crippen LogP contribution in [0.4, 0.5) is 4.39 Å². The molecule has 0 spiro atoms. The Kier molecular flexibility index (Phi) is 2.04. The number of hydrogen-bond acceptors (Lipinski definition) is 2. The molecule has 2 aromatic rings. The van der Waals surface area contributed by atoms with Gasteiger partial charge in [-0.3, -0.25) is 0 Å². The van der Waals surface area contributed by atoms with Crippen molar-refractivity contribution in [1.82, 2.24) is 0 Å². The minimum atomic E-state index is -0.706. The van der Waals surface area contributed by atoms with E-state index in [9.17, 15) is 9.50 Å². The monoisotopic (exact) mass is 194 g/mol. The maximum Gasteiger partial charge on any atom is 0.170 e. The minimum absolute atomic E-state index is 0.223. The number of rotatable bonds is 1. The van der Waals surface area contributed by atoms with Crippen molar-refractivity contribution in [2.75, 3.05) is 0 Å². The molecule has 74 valence electrons. The Hall–Kier alpha value is -1.35. The second-order valence-corrected chi connectivity index (χ2v) is 3.44. The van der Waals surface area contributed by atoms with Gasteiger partial charge in [0.25, 0.3) is 0 Å². The van der Waals surface area contributed by atoms with Crippen LogP contribution in [0.15, 0.2) is 22.6 Å². The number of hydrogen-bond donors (Lipinski definition) is 1. The summed E-state index contributed by atoms with van der Waals surface area (Å²) in [5.41, 5.74) is 0.768. The smallest absolute Gasteiger partial charge is 0.170 e. The van der Waals surface area contributed by atoms with Crippen molar-refractivity contribution in [3.63, 3.8) is 0 Å². The van der Waals surface area contributed by atoms with Gasteiger partial charge in [0, 0.05) is 5.39 Å². The first-order chi connectivity index (χ1) is 6.59. The molecule has 3 heteroatoms. The van der Waals surface area contributed by atoms with Crippen molar-refractivity contribution in [1.29, 1.82) is 0 Å². The number of fused-ring (bicyclic) bond motifs is 1. The molecule has 1 unspecified atom stereocenters. The van der Waals surface area contributed by atoms with E-state index in [1.54, 1.807) is 32.0 Å². The highest BCUT2D eigenvalue weighted by Crippen LogP contribution is 2.27. The fourth-order valence-corrected chi connectivity index (χ4v) is 1.39. The van der Waals surface area contributed by atoms with Crippen molar-refractivity contribution in [2.45, 2.75) is 20.0 Å². The molecule has 0 aliphatic rings. The Bertz CT molecular complexity index is 471. The molecule has 0 fully saturated rings. The van der Waals surface area contributed by atoms with Crippen LogP contribution in [-0.2, 0) is 0 Å². The van der Waals surface area contributed by atoms with Gasteiger partial charge >= 0.3 is 0 Å². The SMILES string of the molecule is Cc1ccc2cc(C(C)O)oc2c1F. The van der Waals surface area contributed by atoms with Crippen LogP contribution >= 0.6 is 0 Å². The Morgan fingerprint density at radius 3 is 2.79 bits per heavy atom. The molecule has 0 saturated carbocycles. The van der Waals surface area contributed by atoms with Gasteiger partial charge in [0.15, 0.2) is 11.4 Å². The normalized spacial score (nSPS) is 13.4. The Labute approximate surface area is 81.0 Å². The molecule has 14 heavy (non-hydrogen) atoms. The van der Waals surface area contributed by atoms with Crippen LogP contribution < -0.4 is 0 Å². The van der Waals surface area contributed by atoms with Gasteiger partial charge in [0.05, 0.1) is 0 Å². The standard InChI is InChI=1S/C11H11FO2/c1-6-3-4-8-5-9(7(2)13)14-11(8)10(6)12/h3-5,7,13H,1-2H3. The lowest BCUT2D eigenvalue weighted by Crippen LogP contribution is -1.85. The fraction of sp³-hybridized carbons (Fsp3) is 0.273. The van der Waals surface area contributed by atoms with E-state index in [-0.39, 0.29) is 11.4 Å². The fourth-order valence-electron chi connectivity index (χ4n) is 1.39. The van der Waals surface area contributed by atoms with Crippen LogP contribution in [0.2, 0.25) is 0 Å². The topological polar surface area (TPSA) is 33.4 Å². The summed E-state index contributed by atoms with van der Waals surface area (Å²) in [5, 5.41) is 9.95. The summed E-state index contributed by atoms with van der Waals surface area (Å²) >= 11 is 0. The number of halogens is 1. The molecule has 1 aromatic heterocycles. The Morgan fingerprint density at radius 1 is 1.43 bits per heavy atom. The predicted octanol–water partition coefficient (Wildman–Crippen LogP) is 2.93. The van der Waals surface area contributed by atoms with E-state index in [2.05, 4.69) is 0 Å². The largest absolute Gasteiger partial charge is 0.455 e. The second-order valence-electron chi connectivity index (χ2n) is 3.44. The number of benzene rings is 1. The third kappa shape index (κ3) is 1.30. The summed E-state index contributed by atoms with van der Waals surface area (Å²) in [6, 6.07) is 5.13. The molecule has 1 atom stereocenters. The summed E-state index contributed by atoms with van der Waals surface area (Å²) < 4.78 is 18.7. The number of aryl methyl sites for hydroxylation is 1. The molecule has 2 rings (SSSR count). The van der Waals surface area contributed by atoms with Crippen LogP contribution in [0, 0.1) is 12.7 Å². The second kappa shape index (κ2) is 3.10. The third-order valence-electron chi connectivity index (χ3n) is 2.25. The van der Waals surface area contributed by atoms with Gasteiger partial charge in [-0.15, -0.1) is 0 Å². The van der Waals surface area contributed by atoms with Crippen molar-refractivity contribution in [3.8, 4) is 0 Å². The molecule has 0 radical (unpaired) electrons. The van der Waals surface area contributed by atoms with Gasteiger partial charge in [-0.25, -0.2) is 4.39 Å². The van der Waals surface area contributed by atoms with Crippen LogP contribution in [0.3, 0.4) is 0 Å². The molecular weight excluding hydrogens is 183 g/mol. The van der Waals surface area contributed by atoms with Crippen molar-refractivity contribution in [2.24, 2.45) is 0 Å². The maximum absolute atomic E-state index is 13.5. The zero-order valence-electron chi connectivity index (χ0n) is 8.04. The van der Waals surface area contributed by atoms with E-state index >= 15 is 0 Å².